The van der Waals surface area contributed by atoms with Gasteiger partial charge >= 0.3 is 0 Å². The van der Waals surface area contributed by atoms with E-state index in [1.807, 2.05) is 20.9 Å². The highest BCUT2D eigenvalue weighted by Crippen LogP contribution is 2.22. The molecule has 5 nitrogen and oxygen atoms in total. The molecule has 0 bridgehead atoms. The van der Waals surface area contributed by atoms with E-state index in [1.165, 1.54) is 23.4 Å². The molecule has 1 heterocycles. The fourth-order valence-corrected chi connectivity index (χ4v) is 4.17. The van der Waals surface area contributed by atoms with E-state index in [-0.39, 0.29) is 22.8 Å². The maximum Gasteiger partial charge on any atom is 0.243 e. The van der Waals surface area contributed by atoms with Crippen LogP contribution in [-0.2, 0) is 10.0 Å². The van der Waals surface area contributed by atoms with E-state index < -0.39 is 10.0 Å². The molecule has 0 aliphatic carbocycles. The monoisotopic (exact) mass is 310 g/mol. The van der Waals surface area contributed by atoms with Crippen LogP contribution in [0.25, 0.3) is 0 Å². The molecule has 0 radical (unpaired) electrons. The Kier molecular flexibility index (Phi) is 4.51. The average molecular weight is 310 g/mol. The lowest BCUT2D eigenvalue weighted by Gasteiger charge is -2.41. The predicted molar refractivity (Wildman–Crippen MR) is 81.9 cm³/mol. The summed E-state index contributed by atoms with van der Waals surface area (Å²) in [5.74, 6) is -0.0687. The molecule has 1 aliphatic heterocycles. The SMILES string of the molecule is CC(=O)c1ccc(S(=O)(=O)N2CC(C)N(C)C(C)C2)cc1. The Morgan fingerprint density at radius 2 is 1.57 bits per heavy atom. The predicted octanol–water partition coefficient (Wildman–Crippen LogP) is 1.60. The average Bonchev–Trinajstić information content (AvgIpc) is 2.44. The molecule has 6 heteroatoms. The van der Waals surface area contributed by atoms with Gasteiger partial charge in [-0.3, -0.25) is 9.69 Å². The van der Waals surface area contributed by atoms with Gasteiger partial charge in [0.05, 0.1) is 4.90 Å². The van der Waals surface area contributed by atoms with Crippen LogP contribution in [0.15, 0.2) is 29.2 Å². The van der Waals surface area contributed by atoms with Crippen LogP contribution < -0.4 is 0 Å². The van der Waals surface area contributed by atoms with Crippen molar-refractivity contribution < 1.29 is 13.2 Å². The largest absolute Gasteiger partial charge is 0.298 e. The lowest BCUT2D eigenvalue weighted by atomic mass is 10.1. The minimum atomic E-state index is -3.50. The summed E-state index contributed by atoms with van der Waals surface area (Å²) in [7, 11) is -1.48. The molecule has 1 fully saturated rings. The number of Topliss-reactive ketones (excluding diaryl/α,β-unsaturated/α-hetero) is 1. The lowest BCUT2D eigenvalue weighted by molar-refractivity contribution is 0.101. The first-order chi connectivity index (χ1) is 9.73. The van der Waals surface area contributed by atoms with E-state index in [0.717, 1.165) is 0 Å². The molecule has 2 rings (SSSR count). The number of hydrogen-bond acceptors (Lipinski definition) is 4. The molecule has 21 heavy (non-hydrogen) atoms. The van der Waals surface area contributed by atoms with Crippen LogP contribution in [0.3, 0.4) is 0 Å². The van der Waals surface area contributed by atoms with Gasteiger partial charge in [0, 0.05) is 30.7 Å². The van der Waals surface area contributed by atoms with Crippen LogP contribution in [0.2, 0.25) is 0 Å². The number of sulfonamides is 1. The van der Waals surface area contributed by atoms with Crippen molar-refractivity contribution in [2.24, 2.45) is 0 Å². The highest BCUT2D eigenvalue weighted by Gasteiger charge is 2.34. The molecule has 1 aliphatic rings. The summed E-state index contributed by atoms with van der Waals surface area (Å²) in [4.78, 5) is 13.7. The van der Waals surface area contributed by atoms with Gasteiger partial charge in [0.1, 0.15) is 0 Å². The van der Waals surface area contributed by atoms with Gasteiger partial charge in [0.25, 0.3) is 0 Å². The van der Waals surface area contributed by atoms with Crippen LogP contribution in [-0.4, -0.2) is 55.6 Å². The van der Waals surface area contributed by atoms with Crippen LogP contribution >= 0.6 is 0 Å². The van der Waals surface area contributed by atoms with Crippen LogP contribution in [0, 0.1) is 0 Å². The molecule has 0 saturated carbocycles. The molecule has 0 N–H and O–H groups in total. The molecule has 1 aromatic carbocycles. The minimum absolute atomic E-state index is 0.0687. The van der Waals surface area contributed by atoms with E-state index in [0.29, 0.717) is 18.7 Å². The summed E-state index contributed by atoms with van der Waals surface area (Å²) < 4.78 is 26.9. The summed E-state index contributed by atoms with van der Waals surface area (Å²) in [5, 5.41) is 0. The first kappa shape index (κ1) is 16.1. The molecular weight excluding hydrogens is 288 g/mol. The van der Waals surface area contributed by atoms with Gasteiger partial charge in [-0.05, 0) is 40.0 Å². The third kappa shape index (κ3) is 3.17. The molecule has 0 spiro atoms. The number of carbonyl (C=O) groups excluding carboxylic acids is 1. The summed E-state index contributed by atoms with van der Waals surface area (Å²) in [6.07, 6.45) is 0. The first-order valence-corrected chi connectivity index (χ1v) is 8.50. The first-order valence-electron chi connectivity index (χ1n) is 7.06. The number of piperazine rings is 1. The van der Waals surface area contributed by atoms with Gasteiger partial charge in [-0.2, -0.15) is 4.31 Å². The van der Waals surface area contributed by atoms with E-state index in [1.54, 1.807) is 12.1 Å². The molecule has 0 aromatic heterocycles. The number of carbonyl (C=O) groups is 1. The van der Waals surface area contributed by atoms with Crippen molar-refractivity contribution in [3.8, 4) is 0 Å². The topological polar surface area (TPSA) is 57.7 Å². The standard InChI is InChI=1S/C15H22N2O3S/c1-11-9-17(10-12(2)16(11)4)21(19,20)15-7-5-14(6-8-15)13(3)18/h5-8,11-12H,9-10H2,1-4H3. The fraction of sp³-hybridized carbons (Fsp3) is 0.533. The molecule has 2 unspecified atom stereocenters. The van der Waals surface area contributed by atoms with E-state index in [2.05, 4.69) is 4.90 Å². The van der Waals surface area contributed by atoms with Gasteiger partial charge in [-0.25, -0.2) is 8.42 Å². The Hall–Kier alpha value is -1.24. The molecule has 0 amide bonds. The summed E-state index contributed by atoms with van der Waals surface area (Å²) in [6, 6.07) is 6.52. The van der Waals surface area contributed by atoms with Gasteiger partial charge in [-0.15, -0.1) is 0 Å². The van der Waals surface area contributed by atoms with Crippen molar-refractivity contribution in [1.82, 2.24) is 9.21 Å². The zero-order chi connectivity index (χ0) is 15.8. The fourth-order valence-electron chi connectivity index (χ4n) is 2.56. The highest BCUT2D eigenvalue weighted by atomic mass is 32.2. The van der Waals surface area contributed by atoms with Crippen molar-refractivity contribution in [3.05, 3.63) is 29.8 Å². The second kappa shape index (κ2) is 5.87. The summed E-state index contributed by atoms with van der Waals surface area (Å²) >= 11 is 0. The maximum atomic E-state index is 12.7. The van der Waals surface area contributed by atoms with Crippen molar-refractivity contribution in [2.45, 2.75) is 37.8 Å². The van der Waals surface area contributed by atoms with Crippen molar-refractivity contribution in [3.63, 3.8) is 0 Å². The molecule has 1 saturated heterocycles. The number of ketones is 1. The van der Waals surface area contributed by atoms with Gasteiger partial charge in [0.15, 0.2) is 5.78 Å². The van der Waals surface area contributed by atoms with E-state index >= 15 is 0 Å². The smallest absolute Gasteiger partial charge is 0.243 e. The molecule has 1 aromatic rings. The van der Waals surface area contributed by atoms with Gasteiger partial charge in [0.2, 0.25) is 10.0 Å². The lowest BCUT2D eigenvalue weighted by Crippen LogP contribution is -2.56. The number of nitrogens with zero attached hydrogens (tertiary/aromatic N) is 2. The maximum absolute atomic E-state index is 12.7. The number of rotatable bonds is 3. The summed E-state index contributed by atoms with van der Waals surface area (Å²) in [6.45, 7) is 6.48. The number of likely N-dealkylation sites (N-methyl/N-ethyl adjacent to an activating group) is 1. The third-order valence-corrected chi connectivity index (χ3v) is 6.07. The number of benzene rings is 1. The number of hydrogen-bond donors (Lipinski definition) is 0. The van der Waals surface area contributed by atoms with E-state index in [9.17, 15) is 13.2 Å². The van der Waals surface area contributed by atoms with Crippen molar-refractivity contribution in [2.75, 3.05) is 20.1 Å². The Morgan fingerprint density at radius 1 is 1.10 bits per heavy atom. The van der Waals surface area contributed by atoms with Crippen molar-refractivity contribution in [1.29, 1.82) is 0 Å². The molecule has 2 atom stereocenters. The normalized spacial score (nSPS) is 25.0. The van der Waals surface area contributed by atoms with E-state index in [4.69, 9.17) is 0 Å². The summed E-state index contributed by atoms with van der Waals surface area (Å²) in [5.41, 5.74) is 0.522. The Morgan fingerprint density at radius 3 is 2.00 bits per heavy atom. The Balaban J connectivity index is 2.27. The van der Waals surface area contributed by atoms with Crippen LogP contribution in [0.5, 0.6) is 0 Å². The molecule has 116 valence electrons. The van der Waals surface area contributed by atoms with Crippen molar-refractivity contribution >= 4 is 15.8 Å². The second-order valence-corrected chi connectivity index (χ2v) is 7.70. The molecular formula is C15H22N2O3S. The van der Waals surface area contributed by atoms with Gasteiger partial charge < -0.3 is 0 Å². The Bertz CT molecular complexity index is 613. The van der Waals surface area contributed by atoms with Crippen LogP contribution in [0.1, 0.15) is 31.1 Å². The second-order valence-electron chi connectivity index (χ2n) is 5.77. The zero-order valence-corrected chi connectivity index (χ0v) is 13.7. The Labute approximate surface area is 126 Å². The van der Waals surface area contributed by atoms with Crippen LogP contribution in [0.4, 0.5) is 0 Å². The quantitative estimate of drug-likeness (QED) is 0.796. The minimum Gasteiger partial charge on any atom is -0.298 e. The zero-order valence-electron chi connectivity index (χ0n) is 12.9. The van der Waals surface area contributed by atoms with Gasteiger partial charge in [-0.1, -0.05) is 12.1 Å². The third-order valence-electron chi connectivity index (χ3n) is 4.22. The highest BCUT2D eigenvalue weighted by molar-refractivity contribution is 7.89.